The highest BCUT2D eigenvalue weighted by atomic mass is 16.4. The lowest BCUT2D eigenvalue weighted by molar-refractivity contribution is -0.141. The Labute approximate surface area is 135 Å². The van der Waals surface area contributed by atoms with Crippen LogP contribution in [0.3, 0.4) is 0 Å². The van der Waals surface area contributed by atoms with Crippen LogP contribution in [0.25, 0.3) is 0 Å². The van der Waals surface area contributed by atoms with Gasteiger partial charge in [-0.15, -0.1) is 0 Å². The zero-order valence-corrected chi connectivity index (χ0v) is 13.1. The van der Waals surface area contributed by atoms with Gasteiger partial charge in [0, 0.05) is 19.4 Å². The van der Waals surface area contributed by atoms with Gasteiger partial charge in [0.05, 0.1) is 0 Å². The van der Waals surface area contributed by atoms with Crippen LogP contribution < -0.4 is 16.8 Å². The van der Waals surface area contributed by atoms with Crippen LogP contribution in [0.5, 0.6) is 0 Å². The van der Waals surface area contributed by atoms with Crippen LogP contribution in [0.15, 0.2) is 24.3 Å². The normalized spacial score (nSPS) is 16.5. The third kappa shape index (κ3) is 6.48. The summed E-state index contributed by atoms with van der Waals surface area (Å²) in [5.74, 6) is -2.20. The molecular formula is C16H23N3O4. The maximum Gasteiger partial charge on any atom is 0.326 e. The molecule has 1 aromatic carbocycles. The summed E-state index contributed by atoms with van der Waals surface area (Å²) in [7, 11) is 0. The Balaban J connectivity index is 0.000000235. The van der Waals surface area contributed by atoms with Crippen LogP contribution in [-0.4, -0.2) is 28.9 Å². The first-order chi connectivity index (χ1) is 10.8. The molecule has 6 N–H and O–H groups in total. The summed E-state index contributed by atoms with van der Waals surface area (Å²) in [5.41, 5.74) is 13.5. The van der Waals surface area contributed by atoms with Crippen molar-refractivity contribution >= 4 is 17.8 Å². The van der Waals surface area contributed by atoms with E-state index in [1.165, 1.54) is 18.1 Å². The largest absolute Gasteiger partial charge is 0.480 e. The van der Waals surface area contributed by atoms with Crippen LogP contribution in [0.1, 0.15) is 43.4 Å². The first-order valence-electron chi connectivity index (χ1n) is 7.42. The van der Waals surface area contributed by atoms with Crippen molar-refractivity contribution in [2.45, 2.75) is 44.7 Å². The highest BCUT2D eigenvalue weighted by Gasteiger charge is 2.18. The lowest BCUT2D eigenvalue weighted by atomic mass is 10.1. The molecule has 23 heavy (non-hydrogen) atoms. The summed E-state index contributed by atoms with van der Waals surface area (Å²) < 4.78 is 0. The van der Waals surface area contributed by atoms with E-state index >= 15 is 0 Å². The number of hydrogen-bond acceptors (Lipinski definition) is 4. The molecule has 0 fully saturated rings. The molecule has 0 radical (unpaired) electrons. The average molecular weight is 321 g/mol. The molecule has 0 saturated carbocycles. The number of benzene rings is 1. The lowest BCUT2D eigenvalue weighted by Gasteiger charge is -2.11. The van der Waals surface area contributed by atoms with Gasteiger partial charge in [0.1, 0.15) is 6.04 Å². The van der Waals surface area contributed by atoms with Crippen LogP contribution >= 0.6 is 0 Å². The predicted octanol–water partition coefficient (Wildman–Crippen LogP) is 0.474. The minimum Gasteiger partial charge on any atom is -0.480 e. The molecular weight excluding hydrogens is 298 g/mol. The fourth-order valence-corrected chi connectivity index (χ4v) is 2.38. The van der Waals surface area contributed by atoms with Gasteiger partial charge in [-0.3, -0.25) is 9.59 Å². The third-order valence-corrected chi connectivity index (χ3v) is 3.53. The maximum absolute atomic E-state index is 10.5. The molecule has 1 aromatic rings. The second-order valence-corrected chi connectivity index (χ2v) is 5.44. The van der Waals surface area contributed by atoms with Gasteiger partial charge in [-0.05, 0) is 30.4 Å². The maximum atomic E-state index is 10.5. The molecule has 0 bridgehead atoms. The number of rotatable bonds is 5. The number of aliphatic carboxylic acids is 1. The minimum absolute atomic E-state index is 0.0181. The van der Waals surface area contributed by atoms with E-state index in [2.05, 4.69) is 29.6 Å². The van der Waals surface area contributed by atoms with E-state index in [1.807, 2.05) is 0 Å². The molecule has 7 heteroatoms. The Morgan fingerprint density at radius 1 is 1.35 bits per heavy atom. The van der Waals surface area contributed by atoms with Crippen LogP contribution in [-0.2, 0) is 20.8 Å². The fourth-order valence-electron chi connectivity index (χ4n) is 2.38. The number of primary amides is 1. The Kier molecular flexibility index (Phi) is 7.21. The smallest absolute Gasteiger partial charge is 0.326 e. The van der Waals surface area contributed by atoms with Crippen LogP contribution in [0.4, 0.5) is 0 Å². The molecule has 2 rings (SSSR count). The highest BCUT2D eigenvalue weighted by Crippen LogP contribution is 2.28. The molecule has 2 amide bonds. The zero-order chi connectivity index (χ0) is 17.4. The molecule has 0 aromatic heterocycles. The van der Waals surface area contributed by atoms with Gasteiger partial charge >= 0.3 is 5.97 Å². The topological polar surface area (TPSA) is 136 Å². The van der Waals surface area contributed by atoms with Crippen molar-refractivity contribution in [1.82, 2.24) is 5.32 Å². The number of carboxylic acids is 1. The summed E-state index contributed by atoms with van der Waals surface area (Å²) in [6.45, 7) is 1.21. The summed E-state index contributed by atoms with van der Waals surface area (Å²) >= 11 is 0. The molecule has 0 aliphatic heterocycles. The van der Waals surface area contributed by atoms with Crippen molar-refractivity contribution in [1.29, 1.82) is 0 Å². The minimum atomic E-state index is -1.17. The first-order valence-corrected chi connectivity index (χ1v) is 7.42. The molecule has 1 aliphatic carbocycles. The molecule has 0 heterocycles. The van der Waals surface area contributed by atoms with Crippen molar-refractivity contribution in [3.63, 3.8) is 0 Å². The van der Waals surface area contributed by atoms with Gasteiger partial charge < -0.3 is 21.9 Å². The number of carboxylic acid groups (broad SMARTS) is 1. The number of nitrogens with one attached hydrogen (secondary N) is 1. The van der Waals surface area contributed by atoms with Gasteiger partial charge in [0.25, 0.3) is 0 Å². The Morgan fingerprint density at radius 2 is 2.00 bits per heavy atom. The number of nitrogens with two attached hydrogens (primary N) is 2. The van der Waals surface area contributed by atoms with Gasteiger partial charge in [0.2, 0.25) is 11.8 Å². The van der Waals surface area contributed by atoms with Crippen molar-refractivity contribution in [2.75, 3.05) is 0 Å². The zero-order valence-electron chi connectivity index (χ0n) is 13.1. The molecule has 126 valence electrons. The predicted molar refractivity (Wildman–Crippen MR) is 85.4 cm³/mol. The van der Waals surface area contributed by atoms with Crippen LogP contribution in [0.2, 0.25) is 0 Å². The fraction of sp³-hybridized carbons (Fsp3) is 0.438. The van der Waals surface area contributed by atoms with Crippen molar-refractivity contribution in [2.24, 2.45) is 11.5 Å². The molecule has 7 nitrogen and oxygen atoms in total. The quantitative estimate of drug-likeness (QED) is 0.625. The highest BCUT2D eigenvalue weighted by molar-refractivity contribution is 5.83. The number of carbonyl (C=O) groups is 3. The lowest BCUT2D eigenvalue weighted by Crippen LogP contribution is -2.40. The number of fused-ring (bicyclic) bond motifs is 1. The molecule has 2 atom stereocenters. The van der Waals surface area contributed by atoms with Gasteiger partial charge in [-0.25, -0.2) is 4.79 Å². The number of amides is 2. The van der Waals surface area contributed by atoms with E-state index in [9.17, 15) is 14.4 Å². The van der Waals surface area contributed by atoms with Crippen LogP contribution in [0, 0.1) is 0 Å². The van der Waals surface area contributed by atoms with E-state index < -0.39 is 23.8 Å². The SMILES string of the molecule is CC(=O)N[C@@H](CCC(N)=O)C(=O)O.N[C@@H]1CCc2ccccc21. The molecule has 0 unspecified atom stereocenters. The van der Waals surface area contributed by atoms with E-state index in [0.29, 0.717) is 6.04 Å². The molecule has 0 spiro atoms. The van der Waals surface area contributed by atoms with Gasteiger partial charge in [0.15, 0.2) is 0 Å². The van der Waals surface area contributed by atoms with Crippen molar-refractivity contribution in [3.05, 3.63) is 35.4 Å². The Bertz CT molecular complexity index is 574. The van der Waals surface area contributed by atoms with Crippen molar-refractivity contribution in [3.8, 4) is 0 Å². The van der Waals surface area contributed by atoms with E-state index in [0.717, 1.165) is 12.8 Å². The van der Waals surface area contributed by atoms with Crippen molar-refractivity contribution < 1.29 is 19.5 Å². The van der Waals surface area contributed by atoms with Gasteiger partial charge in [-0.2, -0.15) is 0 Å². The first kappa shape index (κ1) is 18.6. The van der Waals surface area contributed by atoms with E-state index in [1.54, 1.807) is 0 Å². The van der Waals surface area contributed by atoms with Gasteiger partial charge in [-0.1, -0.05) is 24.3 Å². The standard InChI is InChI=1S/C9H11N.C7H12N2O4/c10-9-6-5-7-3-1-2-4-8(7)9;1-4(10)9-5(7(12)13)2-3-6(8)11/h1-4,9H,5-6,10H2;5H,2-3H2,1H3,(H2,8,11)(H,9,10)(H,12,13)/t9-;5-/m10/s1. The molecule has 0 saturated heterocycles. The Hall–Kier alpha value is -2.41. The Morgan fingerprint density at radius 3 is 2.52 bits per heavy atom. The monoisotopic (exact) mass is 321 g/mol. The summed E-state index contributed by atoms with van der Waals surface area (Å²) in [5, 5.41) is 10.8. The number of hydrogen-bond donors (Lipinski definition) is 4. The number of carbonyl (C=O) groups excluding carboxylic acids is 2. The summed E-state index contributed by atoms with van der Waals surface area (Å²) in [6, 6.07) is 7.71. The second-order valence-electron chi connectivity index (χ2n) is 5.44. The average Bonchev–Trinajstić information content (AvgIpc) is 2.85. The summed E-state index contributed by atoms with van der Waals surface area (Å²) in [6.07, 6.45) is 2.25. The number of aryl methyl sites for hydroxylation is 1. The molecule has 1 aliphatic rings. The summed E-state index contributed by atoms with van der Waals surface area (Å²) in [4.78, 5) is 31.3. The second kappa shape index (κ2) is 8.89. The van der Waals surface area contributed by atoms with E-state index in [4.69, 9.17) is 16.6 Å². The van der Waals surface area contributed by atoms with E-state index in [-0.39, 0.29) is 12.8 Å². The third-order valence-electron chi connectivity index (χ3n) is 3.53.